The van der Waals surface area contributed by atoms with Crippen molar-refractivity contribution in [3.63, 3.8) is 0 Å². The maximum absolute atomic E-state index is 13.3. The summed E-state index contributed by atoms with van der Waals surface area (Å²) in [5, 5.41) is 0. The molecule has 1 N–H and O–H groups in total. The Kier molecular flexibility index (Phi) is 7.25. The van der Waals surface area contributed by atoms with E-state index in [4.69, 9.17) is 9.15 Å². The van der Waals surface area contributed by atoms with Crippen molar-refractivity contribution in [3.8, 4) is 5.75 Å². The SMILES string of the molecule is COc1cc(C)c(C)cc1S(=O)(=O)NCC(c1ccco1)N1CCN(c2ccc(F)cc2)CC1. The average Bonchev–Trinajstić information content (AvgIpc) is 3.36. The lowest BCUT2D eigenvalue weighted by Gasteiger charge is -2.39. The second-order valence-corrected chi connectivity index (χ2v) is 10.2. The molecule has 9 heteroatoms. The van der Waals surface area contributed by atoms with Crippen molar-refractivity contribution < 1.29 is 22.0 Å². The summed E-state index contributed by atoms with van der Waals surface area (Å²) in [5.41, 5.74) is 2.81. The summed E-state index contributed by atoms with van der Waals surface area (Å²) < 4.78 is 53.5. The first-order valence-corrected chi connectivity index (χ1v) is 12.7. The van der Waals surface area contributed by atoms with Crippen LogP contribution in [0.15, 0.2) is 64.1 Å². The molecule has 0 aliphatic carbocycles. The Bertz CT molecular complexity index is 1210. The second kappa shape index (κ2) is 10.2. The van der Waals surface area contributed by atoms with Crippen LogP contribution < -0.4 is 14.4 Å². The first kappa shape index (κ1) is 24.3. The molecule has 1 atom stereocenters. The molecule has 1 fully saturated rings. The number of methoxy groups -OCH3 is 1. The Morgan fingerprint density at radius 2 is 1.74 bits per heavy atom. The van der Waals surface area contributed by atoms with E-state index in [-0.39, 0.29) is 23.3 Å². The van der Waals surface area contributed by atoms with Gasteiger partial charge in [-0.3, -0.25) is 4.90 Å². The Hall–Kier alpha value is -2.88. The number of aryl methyl sites for hydroxylation is 2. The zero-order valence-corrected chi connectivity index (χ0v) is 20.4. The fourth-order valence-corrected chi connectivity index (χ4v) is 5.51. The van der Waals surface area contributed by atoms with Crippen molar-refractivity contribution in [1.82, 2.24) is 9.62 Å². The number of anilines is 1. The predicted molar refractivity (Wildman–Crippen MR) is 129 cm³/mol. The van der Waals surface area contributed by atoms with Crippen LogP contribution >= 0.6 is 0 Å². The largest absolute Gasteiger partial charge is 0.495 e. The zero-order chi connectivity index (χ0) is 24.3. The lowest BCUT2D eigenvalue weighted by atomic mass is 10.1. The van der Waals surface area contributed by atoms with Gasteiger partial charge in [0.15, 0.2) is 0 Å². The van der Waals surface area contributed by atoms with Crippen LogP contribution in [0, 0.1) is 19.7 Å². The van der Waals surface area contributed by atoms with E-state index >= 15 is 0 Å². The second-order valence-electron chi connectivity index (χ2n) is 8.47. The van der Waals surface area contributed by atoms with Crippen LogP contribution in [0.4, 0.5) is 10.1 Å². The quantitative estimate of drug-likeness (QED) is 0.520. The average molecular weight is 488 g/mol. The third kappa shape index (κ3) is 5.27. The van der Waals surface area contributed by atoms with Gasteiger partial charge in [0.1, 0.15) is 22.2 Å². The molecule has 0 bridgehead atoms. The predicted octanol–water partition coefficient (Wildman–Crippen LogP) is 3.89. The Morgan fingerprint density at radius 1 is 1.06 bits per heavy atom. The van der Waals surface area contributed by atoms with Gasteiger partial charge >= 0.3 is 0 Å². The van der Waals surface area contributed by atoms with E-state index in [0.29, 0.717) is 24.6 Å². The van der Waals surface area contributed by atoms with Gasteiger partial charge in [0.2, 0.25) is 10.0 Å². The molecule has 0 saturated carbocycles. The highest BCUT2D eigenvalue weighted by atomic mass is 32.2. The number of sulfonamides is 1. The fourth-order valence-electron chi connectivity index (χ4n) is 4.23. The summed E-state index contributed by atoms with van der Waals surface area (Å²) in [5.74, 6) is 0.760. The molecule has 2 heterocycles. The molecule has 1 aromatic heterocycles. The molecule has 0 amide bonds. The molecule has 1 saturated heterocycles. The van der Waals surface area contributed by atoms with Crippen molar-refractivity contribution in [2.45, 2.75) is 24.8 Å². The molecule has 2 aromatic carbocycles. The Labute approximate surface area is 200 Å². The van der Waals surface area contributed by atoms with Crippen molar-refractivity contribution in [2.75, 3.05) is 44.7 Å². The fraction of sp³-hybridized carbons (Fsp3) is 0.360. The van der Waals surface area contributed by atoms with Crippen LogP contribution in [0.25, 0.3) is 0 Å². The van der Waals surface area contributed by atoms with Crippen LogP contribution in [0.5, 0.6) is 5.75 Å². The smallest absolute Gasteiger partial charge is 0.244 e. The summed E-state index contributed by atoms with van der Waals surface area (Å²) in [6.45, 7) is 6.83. The summed E-state index contributed by atoms with van der Waals surface area (Å²) in [4.78, 5) is 4.52. The van der Waals surface area contributed by atoms with E-state index in [1.807, 2.05) is 19.9 Å². The van der Waals surface area contributed by atoms with Crippen LogP contribution in [0.3, 0.4) is 0 Å². The van der Waals surface area contributed by atoms with E-state index in [0.717, 1.165) is 29.9 Å². The molecule has 1 unspecified atom stereocenters. The first-order chi connectivity index (χ1) is 16.3. The molecule has 0 spiro atoms. The van der Waals surface area contributed by atoms with E-state index in [1.54, 1.807) is 36.6 Å². The van der Waals surface area contributed by atoms with Gasteiger partial charge in [-0.15, -0.1) is 0 Å². The van der Waals surface area contributed by atoms with Gasteiger partial charge < -0.3 is 14.1 Å². The Morgan fingerprint density at radius 3 is 2.35 bits per heavy atom. The highest BCUT2D eigenvalue weighted by Gasteiger charge is 2.29. The molecule has 3 aromatic rings. The minimum Gasteiger partial charge on any atom is -0.495 e. The molecular formula is C25H30FN3O4S. The summed E-state index contributed by atoms with van der Waals surface area (Å²) in [7, 11) is -2.35. The number of rotatable bonds is 8. The lowest BCUT2D eigenvalue weighted by Crippen LogP contribution is -2.49. The lowest BCUT2D eigenvalue weighted by molar-refractivity contribution is 0.166. The van der Waals surface area contributed by atoms with Gasteiger partial charge in [0.25, 0.3) is 0 Å². The number of benzene rings is 2. The number of nitrogens with zero attached hydrogens (tertiary/aromatic N) is 2. The van der Waals surface area contributed by atoms with E-state index < -0.39 is 10.0 Å². The number of hydrogen-bond donors (Lipinski definition) is 1. The summed E-state index contributed by atoms with van der Waals surface area (Å²) in [6, 6.07) is 13.3. The van der Waals surface area contributed by atoms with Gasteiger partial charge in [-0.25, -0.2) is 17.5 Å². The third-order valence-electron chi connectivity index (χ3n) is 6.35. The summed E-state index contributed by atoms with van der Waals surface area (Å²) >= 11 is 0. The standard InChI is InChI=1S/C25H30FN3O4S/c1-18-15-24(32-3)25(16-19(18)2)34(30,31)27-17-22(23-5-4-14-33-23)29-12-10-28(11-13-29)21-8-6-20(26)7-9-21/h4-9,14-16,22,27H,10-13,17H2,1-3H3. The molecule has 1 aliphatic heterocycles. The topological polar surface area (TPSA) is 75.0 Å². The van der Waals surface area contributed by atoms with Crippen LogP contribution in [-0.2, 0) is 10.0 Å². The van der Waals surface area contributed by atoms with Crippen LogP contribution in [0.2, 0.25) is 0 Å². The highest BCUT2D eigenvalue weighted by molar-refractivity contribution is 7.89. The minimum absolute atomic E-state index is 0.123. The van der Waals surface area contributed by atoms with Gasteiger partial charge in [-0.1, -0.05) is 0 Å². The van der Waals surface area contributed by atoms with E-state index in [9.17, 15) is 12.8 Å². The monoisotopic (exact) mass is 487 g/mol. The molecule has 182 valence electrons. The van der Waals surface area contributed by atoms with Crippen molar-refractivity contribution in [1.29, 1.82) is 0 Å². The minimum atomic E-state index is -3.81. The van der Waals surface area contributed by atoms with Crippen molar-refractivity contribution in [3.05, 3.63) is 77.5 Å². The zero-order valence-electron chi connectivity index (χ0n) is 19.6. The molecular weight excluding hydrogens is 457 g/mol. The van der Waals surface area contributed by atoms with Crippen LogP contribution in [0.1, 0.15) is 22.9 Å². The molecule has 1 aliphatic rings. The molecule has 0 radical (unpaired) electrons. The molecule has 4 rings (SSSR count). The van der Waals surface area contributed by atoms with E-state index in [1.165, 1.54) is 19.2 Å². The first-order valence-electron chi connectivity index (χ1n) is 11.2. The maximum Gasteiger partial charge on any atom is 0.244 e. The molecule has 34 heavy (non-hydrogen) atoms. The maximum atomic E-state index is 13.3. The number of nitrogens with one attached hydrogen (secondary N) is 1. The van der Waals surface area contributed by atoms with Crippen molar-refractivity contribution >= 4 is 15.7 Å². The number of hydrogen-bond acceptors (Lipinski definition) is 6. The van der Waals surface area contributed by atoms with Gasteiger partial charge in [0, 0.05) is 38.4 Å². The van der Waals surface area contributed by atoms with Gasteiger partial charge in [-0.2, -0.15) is 0 Å². The normalized spacial score (nSPS) is 15.9. The third-order valence-corrected chi connectivity index (χ3v) is 7.80. The summed E-state index contributed by atoms with van der Waals surface area (Å²) in [6.07, 6.45) is 1.60. The Balaban J connectivity index is 1.49. The van der Waals surface area contributed by atoms with Crippen molar-refractivity contribution in [2.24, 2.45) is 0 Å². The van der Waals surface area contributed by atoms with Gasteiger partial charge in [0.05, 0.1) is 19.4 Å². The highest BCUT2D eigenvalue weighted by Crippen LogP contribution is 2.29. The number of piperazine rings is 1. The number of furan rings is 1. The number of ether oxygens (including phenoxy) is 1. The molecule has 7 nitrogen and oxygen atoms in total. The van der Waals surface area contributed by atoms with E-state index in [2.05, 4.69) is 14.5 Å². The van der Waals surface area contributed by atoms with Gasteiger partial charge in [-0.05, 0) is 73.5 Å². The van der Waals surface area contributed by atoms with Crippen LogP contribution in [-0.4, -0.2) is 53.2 Å². The number of halogens is 1.